The van der Waals surface area contributed by atoms with Gasteiger partial charge in [-0.15, -0.1) is 0 Å². The first-order chi connectivity index (χ1) is 11.2. The van der Waals surface area contributed by atoms with Crippen molar-refractivity contribution in [2.45, 2.75) is 0 Å². The van der Waals surface area contributed by atoms with Crippen LogP contribution in [0.3, 0.4) is 0 Å². The smallest absolute Gasteiger partial charge is 0.245 e. The van der Waals surface area contributed by atoms with Gasteiger partial charge in [-0.1, -0.05) is 27.5 Å². The summed E-state index contributed by atoms with van der Waals surface area (Å²) >= 11 is 8.91. The van der Waals surface area contributed by atoms with Crippen LogP contribution < -0.4 is 9.62 Å². The normalized spacial score (nSPS) is 11.2. The minimum absolute atomic E-state index is 0.138. The summed E-state index contributed by atoms with van der Waals surface area (Å²) in [6.45, 7) is -0.421. The van der Waals surface area contributed by atoms with Crippen molar-refractivity contribution in [3.05, 3.63) is 57.8 Å². The number of carbonyl (C=O) groups is 1. The highest BCUT2D eigenvalue weighted by molar-refractivity contribution is 9.10. The summed E-state index contributed by atoms with van der Waals surface area (Å²) in [5.74, 6) is -1.19. The van der Waals surface area contributed by atoms with E-state index in [1.165, 1.54) is 12.1 Å². The SMILES string of the molecule is CS(=O)(=O)N(CC(=O)Nc1ccc(F)c(Cl)c1)c1ccc(Br)cc1. The largest absolute Gasteiger partial charge is 0.324 e. The summed E-state index contributed by atoms with van der Waals surface area (Å²) < 4.78 is 38.8. The van der Waals surface area contributed by atoms with Crippen LogP contribution in [0.1, 0.15) is 0 Å². The van der Waals surface area contributed by atoms with Crippen LogP contribution in [0.2, 0.25) is 5.02 Å². The number of hydrogen-bond acceptors (Lipinski definition) is 3. The van der Waals surface area contributed by atoms with Gasteiger partial charge >= 0.3 is 0 Å². The molecule has 0 aliphatic rings. The first kappa shape index (κ1) is 18.7. The summed E-state index contributed by atoms with van der Waals surface area (Å²) in [5.41, 5.74) is 0.628. The summed E-state index contributed by atoms with van der Waals surface area (Å²) in [5, 5.41) is 2.35. The van der Waals surface area contributed by atoms with Crippen molar-refractivity contribution in [3.63, 3.8) is 0 Å². The Morgan fingerprint density at radius 1 is 1.25 bits per heavy atom. The quantitative estimate of drug-likeness (QED) is 0.780. The van der Waals surface area contributed by atoms with E-state index in [2.05, 4.69) is 21.2 Å². The third-order valence-electron chi connectivity index (χ3n) is 3.01. The number of rotatable bonds is 5. The molecule has 128 valence electrons. The van der Waals surface area contributed by atoms with Gasteiger partial charge in [-0.2, -0.15) is 0 Å². The zero-order valence-corrected chi connectivity index (χ0v) is 15.6. The fourth-order valence-corrected chi connectivity index (χ4v) is 3.21. The monoisotopic (exact) mass is 434 g/mol. The first-order valence-electron chi connectivity index (χ1n) is 6.65. The van der Waals surface area contributed by atoms with Gasteiger partial charge < -0.3 is 5.32 Å². The predicted molar refractivity (Wildman–Crippen MR) is 96.4 cm³/mol. The molecule has 0 fully saturated rings. The number of hydrogen-bond donors (Lipinski definition) is 1. The first-order valence-corrected chi connectivity index (χ1v) is 9.67. The number of nitrogens with zero attached hydrogens (tertiary/aromatic N) is 1. The fourth-order valence-electron chi connectivity index (χ4n) is 1.91. The van der Waals surface area contributed by atoms with Gasteiger partial charge in [0.2, 0.25) is 15.9 Å². The third-order valence-corrected chi connectivity index (χ3v) is 4.96. The minimum Gasteiger partial charge on any atom is -0.324 e. The van der Waals surface area contributed by atoms with Gasteiger partial charge in [-0.25, -0.2) is 12.8 Å². The maximum atomic E-state index is 13.1. The lowest BCUT2D eigenvalue weighted by molar-refractivity contribution is -0.114. The number of nitrogens with one attached hydrogen (secondary N) is 1. The van der Waals surface area contributed by atoms with Gasteiger partial charge in [0.15, 0.2) is 0 Å². The third kappa shape index (κ3) is 4.93. The molecule has 0 heterocycles. The van der Waals surface area contributed by atoms with Crippen molar-refractivity contribution in [1.82, 2.24) is 0 Å². The average molecular weight is 436 g/mol. The lowest BCUT2D eigenvalue weighted by atomic mass is 10.3. The van der Waals surface area contributed by atoms with Gasteiger partial charge in [-0.3, -0.25) is 9.10 Å². The van der Waals surface area contributed by atoms with E-state index in [1.807, 2.05) is 0 Å². The Balaban J connectivity index is 2.18. The topological polar surface area (TPSA) is 66.5 Å². The lowest BCUT2D eigenvalue weighted by Gasteiger charge is -2.22. The number of benzene rings is 2. The summed E-state index contributed by atoms with van der Waals surface area (Å²) in [6.07, 6.45) is 1.01. The Morgan fingerprint density at radius 3 is 2.42 bits per heavy atom. The van der Waals surface area contributed by atoms with Crippen LogP contribution in [0.5, 0.6) is 0 Å². The highest BCUT2D eigenvalue weighted by Gasteiger charge is 2.21. The van der Waals surface area contributed by atoms with Gasteiger partial charge in [-0.05, 0) is 42.5 Å². The molecule has 0 aliphatic heterocycles. The Kier molecular flexibility index (Phi) is 5.84. The summed E-state index contributed by atoms with van der Waals surface area (Å²) in [4.78, 5) is 12.1. The van der Waals surface area contributed by atoms with Crippen molar-refractivity contribution in [2.75, 3.05) is 22.4 Å². The van der Waals surface area contributed by atoms with Gasteiger partial charge in [0.25, 0.3) is 0 Å². The van der Waals surface area contributed by atoms with E-state index in [0.717, 1.165) is 21.1 Å². The average Bonchev–Trinajstić information content (AvgIpc) is 2.49. The van der Waals surface area contributed by atoms with E-state index >= 15 is 0 Å². The molecule has 0 aromatic heterocycles. The van der Waals surface area contributed by atoms with Crippen LogP contribution in [0, 0.1) is 5.82 Å². The molecular formula is C15H13BrClFN2O3S. The van der Waals surface area contributed by atoms with Crippen LogP contribution in [0.15, 0.2) is 46.9 Å². The molecule has 24 heavy (non-hydrogen) atoms. The predicted octanol–water partition coefficient (Wildman–Crippen LogP) is 3.65. The van der Waals surface area contributed by atoms with E-state index in [-0.39, 0.29) is 10.7 Å². The van der Waals surface area contributed by atoms with Crippen LogP contribution in [-0.4, -0.2) is 27.1 Å². The second-order valence-electron chi connectivity index (χ2n) is 4.92. The zero-order valence-electron chi connectivity index (χ0n) is 12.5. The second kappa shape index (κ2) is 7.50. The molecule has 2 rings (SSSR count). The number of amides is 1. The van der Waals surface area contributed by atoms with E-state index in [9.17, 15) is 17.6 Å². The van der Waals surface area contributed by atoms with Crippen LogP contribution >= 0.6 is 27.5 Å². The standard InChI is InChI=1S/C15H13BrClFN2O3S/c1-24(22,23)20(12-5-2-10(16)3-6-12)9-15(21)19-11-4-7-14(18)13(17)8-11/h2-8H,9H2,1H3,(H,19,21). The van der Waals surface area contributed by atoms with E-state index < -0.39 is 28.3 Å². The highest BCUT2D eigenvalue weighted by atomic mass is 79.9. The lowest BCUT2D eigenvalue weighted by Crippen LogP contribution is -2.37. The number of carbonyl (C=O) groups excluding carboxylic acids is 1. The molecule has 2 aromatic carbocycles. The highest BCUT2D eigenvalue weighted by Crippen LogP contribution is 2.22. The van der Waals surface area contributed by atoms with Crippen molar-refractivity contribution in [1.29, 1.82) is 0 Å². The van der Waals surface area contributed by atoms with Gasteiger partial charge in [0.05, 0.1) is 17.0 Å². The fraction of sp³-hybridized carbons (Fsp3) is 0.133. The molecule has 0 unspecified atom stereocenters. The number of halogens is 3. The molecule has 0 bridgehead atoms. The Labute approximate surface area is 152 Å². The number of sulfonamides is 1. The van der Waals surface area contributed by atoms with E-state index in [4.69, 9.17) is 11.6 Å². The summed E-state index contributed by atoms with van der Waals surface area (Å²) in [7, 11) is -3.66. The maximum Gasteiger partial charge on any atom is 0.245 e. The molecule has 0 spiro atoms. The molecule has 1 amide bonds. The second-order valence-corrected chi connectivity index (χ2v) is 8.15. The molecule has 0 aliphatic carbocycles. The molecule has 0 atom stereocenters. The van der Waals surface area contributed by atoms with E-state index in [0.29, 0.717) is 5.69 Å². The molecular weight excluding hydrogens is 423 g/mol. The molecule has 0 saturated heterocycles. The van der Waals surface area contributed by atoms with Crippen LogP contribution in [-0.2, 0) is 14.8 Å². The maximum absolute atomic E-state index is 13.1. The molecule has 0 radical (unpaired) electrons. The minimum atomic E-state index is -3.66. The molecule has 1 N–H and O–H groups in total. The van der Waals surface area contributed by atoms with Crippen LogP contribution in [0.4, 0.5) is 15.8 Å². The van der Waals surface area contributed by atoms with Crippen molar-refractivity contribution < 1.29 is 17.6 Å². The van der Waals surface area contributed by atoms with E-state index in [1.54, 1.807) is 24.3 Å². The van der Waals surface area contributed by atoms with Gasteiger partial charge in [0.1, 0.15) is 12.4 Å². The Hall–Kier alpha value is -1.64. The Morgan fingerprint density at radius 2 is 1.88 bits per heavy atom. The zero-order chi connectivity index (χ0) is 17.9. The number of anilines is 2. The summed E-state index contributed by atoms with van der Waals surface area (Å²) in [6, 6.07) is 10.2. The van der Waals surface area contributed by atoms with Crippen LogP contribution in [0.25, 0.3) is 0 Å². The van der Waals surface area contributed by atoms with Crippen molar-refractivity contribution in [2.24, 2.45) is 0 Å². The van der Waals surface area contributed by atoms with Crippen molar-refractivity contribution >= 4 is 54.8 Å². The molecule has 5 nitrogen and oxygen atoms in total. The molecule has 2 aromatic rings. The van der Waals surface area contributed by atoms with Gasteiger partial charge in [0, 0.05) is 10.2 Å². The Bertz CT molecular complexity index is 860. The molecule has 9 heteroatoms. The molecule has 0 saturated carbocycles. The van der Waals surface area contributed by atoms with Crippen molar-refractivity contribution in [3.8, 4) is 0 Å².